The fourth-order valence-corrected chi connectivity index (χ4v) is 4.17. The number of esters is 1. The number of hydrogen-bond donors (Lipinski definition) is 1. The second kappa shape index (κ2) is 12.1. The maximum Gasteiger partial charge on any atom is 0.407 e. The van der Waals surface area contributed by atoms with Crippen molar-refractivity contribution in [1.82, 2.24) is 5.32 Å². The summed E-state index contributed by atoms with van der Waals surface area (Å²) >= 11 is 0. The summed E-state index contributed by atoms with van der Waals surface area (Å²) in [6.45, 7) is 0.503. The SMILES string of the molecule is O=C(CCCNC(=O)OCc1ccccc1)OC1CCC2C(=O)C(Oc3ccccc3)=COC2C1. The van der Waals surface area contributed by atoms with E-state index in [0.29, 0.717) is 38.0 Å². The lowest BCUT2D eigenvalue weighted by molar-refractivity contribution is -0.155. The van der Waals surface area contributed by atoms with Crippen LogP contribution in [0.25, 0.3) is 0 Å². The fraction of sp³-hybridized carbons (Fsp3) is 0.370. The minimum Gasteiger partial charge on any atom is -0.493 e. The van der Waals surface area contributed by atoms with Crippen LogP contribution in [0.4, 0.5) is 4.79 Å². The second-order valence-corrected chi connectivity index (χ2v) is 8.56. The average Bonchev–Trinajstić information content (AvgIpc) is 2.88. The highest BCUT2D eigenvalue weighted by atomic mass is 16.6. The van der Waals surface area contributed by atoms with E-state index in [1.165, 1.54) is 6.26 Å². The van der Waals surface area contributed by atoms with Gasteiger partial charge in [-0.05, 0) is 37.0 Å². The molecule has 35 heavy (non-hydrogen) atoms. The first-order chi connectivity index (χ1) is 17.1. The molecule has 0 saturated heterocycles. The summed E-state index contributed by atoms with van der Waals surface area (Å²) in [7, 11) is 0. The third kappa shape index (κ3) is 7.09. The molecule has 1 amide bonds. The zero-order chi connectivity index (χ0) is 24.5. The highest BCUT2D eigenvalue weighted by Crippen LogP contribution is 2.35. The number of para-hydroxylation sites is 1. The highest BCUT2D eigenvalue weighted by molar-refractivity contribution is 5.96. The number of Topliss-reactive ketones (excluding diaryl/α,β-unsaturated/α-hetero) is 1. The molecule has 3 unspecified atom stereocenters. The minimum atomic E-state index is -0.525. The molecule has 4 rings (SSSR count). The first-order valence-electron chi connectivity index (χ1n) is 11.9. The van der Waals surface area contributed by atoms with E-state index in [9.17, 15) is 14.4 Å². The van der Waals surface area contributed by atoms with Gasteiger partial charge in [-0.15, -0.1) is 0 Å². The summed E-state index contributed by atoms with van der Waals surface area (Å²) in [6.07, 6.45) is 2.43. The summed E-state index contributed by atoms with van der Waals surface area (Å²) in [4.78, 5) is 36.8. The smallest absolute Gasteiger partial charge is 0.407 e. The van der Waals surface area contributed by atoms with Gasteiger partial charge in [0.1, 0.15) is 30.8 Å². The predicted molar refractivity (Wildman–Crippen MR) is 126 cm³/mol. The second-order valence-electron chi connectivity index (χ2n) is 8.56. The summed E-state index contributed by atoms with van der Waals surface area (Å²) in [5.74, 6) is 0.0527. The van der Waals surface area contributed by atoms with Gasteiger partial charge in [0.2, 0.25) is 11.5 Å². The van der Waals surface area contributed by atoms with Crippen LogP contribution in [0.2, 0.25) is 0 Å². The van der Waals surface area contributed by atoms with Crippen molar-refractivity contribution in [3.8, 4) is 5.75 Å². The van der Waals surface area contributed by atoms with Crippen LogP contribution in [-0.2, 0) is 30.4 Å². The number of amides is 1. The molecule has 1 fully saturated rings. The van der Waals surface area contributed by atoms with Gasteiger partial charge >= 0.3 is 12.1 Å². The summed E-state index contributed by atoms with van der Waals surface area (Å²) in [5, 5.41) is 2.63. The van der Waals surface area contributed by atoms with E-state index in [2.05, 4.69) is 5.32 Å². The Hall–Kier alpha value is -3.81. The lowest BCUT2D eigenvalue weighted by Crippen LogP contribution is -2.43. The first kappa shape index (κ1) is 24.3. The van der Waals surface area contributed by atoms with E-state index in [4.69, 9.17) is 18.9 Å². The Balaban J connectivity index is 1.13. The molecule has 3 atom stereocenters. The lowest BCUT2D eigenvalue weighted by atomic mass is 9.80. The Kier molecular flexibility index (Phi) is 8.38. The summed E-state index contributed by atoms with van der Waals surface area (Å²) in [6, 6.07) is 18.5. The molecule has 0 aromatic heterocycles. The van der Waals surface area contributed by atoms with Gasteiger partial charge in [0.05, 0.1) is 5.92 Å². The van der Waals surface area contributed by atoms with Gasteiger partial charge < -0.3 is 24.3 Å². The lowest BCUT2D eigenvalue weighted by Gasteiger charge is -2.36. The Morgan fingerprint density at radius 3 is 2.51 bits per heavy atom. The molecule has 8 nitrogen and oxygen atoms in total. The number of hydrogen-bond acceptors (Lipinski definition) is 7. The molecule has 1 saturated carbocycles. The molecule has 1 aliphatic carbocycles. The molecule has 184 valence electrons. The highest BCUT2D eigenvalue weighted by Gasteiger charge is 2.42. The number of alkyl carbamates (subject to hydrolysis) is 1. The molecule has 2 aliphatic rings. The zero-order valence-corrected chi connectivity index (χ0v) is 19.4. The third-order valence-electron chi connectivity index (χ3n) is 5.98. The van der Waals surface area contributed by atoms with Gasteiger partial charge in [0.25, 0.3) is 0 Å². The Morgan fingerprint density at radius 1 is 1.00 bits per heavy atom. The van der Waals surface area contributed by atoms with Crippen LogP contribution in [0.5, 0.6) is 5.75 Å². The number of nitrogens with one attached hydrogen (secondary N) is 1. The van der Waals surface area contributed by atoms with Crippen molar-refractivity contribution in [3.63, 3.8) is 0 Å². The van der Waals surface area contributed by atoms with Crippen molar-refractivity contribution < 1.29 is 33.3 Å². The van der Waals surface area contributed by atoms with Crippen molar-refractivity contribution in [1.29, 1.82) is 0 Å². The van der Waals surface area contributed by atoms with Gasteiger partial charge in [-0.2, -0.15) is 0 Å². The number of carbonyl (C=O) groups excluding carboxylic acids is 3. The monoisotopic (exact) mass is 479 g/mol. The van der Waals surface area contributed by atoms with E-state index >= 15 is 0 Å². The average molecular weight is 480 g/mol. The predicted octanol–water partition coefficient (Wildman–Crippen LogP) is 4.29. The van der Waals surface area contributed by atoms with Crippen LogP contribution >= 0.6 is 0 Å². The molecule has 0 bridgehead atoms. The van der Waals surface area contributed by atoms with Crippen LogP contribution in [0.1, 0.15) is 37.7 Å². The molecular weight excluding hydrogens is 450 g/mol. The van der Waals surface area contributed by atoms with E-state index < -0.39 is 6.09 Å². The van der Waals surface area contributed by atoms with Gasteiger partial charge in [-0.3, -0.25) is 9.59 Å². The Bertz CT molecular complexity index is 1040. The number of fused-ring (bicyclic) bond motifs is 1. The molecule has 1 N–H and O–H groups in total. The van der Waals surface area contributed by atoms with E-state index in [1.807, 2.05) is 48.5 Å². The first-order valence-corrected chi connectivity index (χ1v) is 11.9. The topological polar surface area (TPSA) is 100 Å². The number of carbonyl (C=O) groups is 3. The number of allylic oxidation sites excluding steroid dienone is 1. The molecule has 0 radical (unpaired) electrons. The van der Waals surface area contributed by atoms with Gasteiger partial charge in [-0.1, -0.05) is 48.5 Å². The van der Waals surface area contributed by atoms with Crippen molar-refractivity contribution in [2.45, 2.75) is 50.9 Å². The molecule has 0 spiro atoms. The van der Waals surface area contributed by atoms with Crippen LogP contribution < -0.4 is 10.1 Å². The van der Waals surface area contributed by atoms with Gasteiger partial charge in [0, 0.05) is 19.4 Å². The standard InChI is InChI=1S/C27H29NO7/c29-25(12-7-15-28-27(31)33-17-19-8-3-1-4-9-19)35-21-13-14-22-23(16-21)32-18-24(26(22)30)34-20-10-5-2-6-11-20/h1-6,8-11,18,21-23H,7,12-17H2,(H,28,31). The van der Waals surface area contributed by atoms with Crippen molar-refractivity contribution in [2.75, 3.05) is 6.54 Å². The van der Waals surface area contributed by atoms with E-state index in [-0.39, 0.29) is 48.7 Å². The van der Waals surface area contributed by atoms with Crippen LogP contribution in [0.3, 0.4) is 0 Å². The molecule has 2 aromatic carbocycles. The van der Waals surface area contributed by atoms with Crippen molar-refractivity contribution >= 4 is 17.8 Å². The third-order valence-corrected chi connectivity index (χ3v) is 5.98. The van der Waals surface area contributed by atoms with E-state index in [0.717, 1.165) is 5.56 Å². The molecule has 1 heterocycles. The molecule has 2 aromatic rings. The van der Waals surface area contributed by atoms with Crippen LogP contribution in [0.15, 0.2) is 72.7 Å². The van der Waals surface area contributed by atoms with Crippen molar-refractivity contribution in [3.05, 3.63) is 78.2 Å². The van der Waals surface area contributed by atoms with E-state index in [1.54, 1.807) is 12.1 Å². The summed E-state index contributed by atoms with van der Waals surface area (Å²) in [5.41, 5.74) is 0.903. The maximum atomic E-state index is 12.8. The molecular formula is C27H29NO7. The van der Waals surface area contributed by atoms with Crippen LogP contribution in [-0.4, -0.2) is 36.6 Å². The number of benzene rings is 2. The van der Waals surface area contributed by atoms with Crippen LogP contribution in [0, 0.1) is 5.92 Å². The summed E-state index contributed by atoms with van der Waals surface area (Å²) < 4.78 is 22.2. The molecule has 8 heteroatoms. The quantitative estimate of drug-likeness (QED) is 0.423. The zero-order valence-electron chi connectivity index (χ0n) is 19.4. The van der Waals surface area contributed by atoms with Crippen molar-refractivity contribution in [2.24, 2.45) is 5.92 Å². The number of ketones is 1. The minimum absolute atomic E-state index is 0.0832. The maximum absolute atomic E-state index is 12.8. The Labute approximate surface area is 204 Å². The number of rotatable bonds is 9. The molecule has 1 aliphatic heterocycles. The largest absolute Gasteiger partial charge is 0.493 e. The number of ether oxygens (including phenoxy) is 4. The Morgan fingerprint density at radius 2 is 1.74 bits per heavy atom. The van der Waals surface area contributed by atoms with Gasteiger partial charge in [-0.25, -0.2) is 4.79 Å². The normalized spacial score (nSPS) is 21.1. The fourth-order valence-electron chi connectivity index (χ4n) is 4.17. The van der Waals surface area contributed by atoms with Gasteiger partial charge in [0.15, 0.2) is 0 Å².